The molecule has 222 valence electrons. The van der Waals surface area contributed by atoms with Crippen molar-refractivity contribution < 1.29 is 32.9 Å². The minimum atomic E-state index is -0.906. The van der Waals surface area contributed by atoms with Crippen molar-refractivity contribution in [2.45, 2.75) is 6.29 Å². The van der Waals surface area contributed by atoms with Crippen LogP contribution < -0.4 is 30.9 Å². The molecule has 0 unspecified atom stereocenters. The Morgan fingerprint density at radius 3 is 2.52 bits per heavy atom. The first-order valence-corrected chi connectivity index (χ1v) is 13.6. The lowest BCUT2D eigenvalue weighted by molar-refractivity contribution is -0.0856. The van der Waals surface area contributed by atoms with E-state index in [-0.39, 0.29) is 22.2 Å². The van der Waals surface area contributed by atoms with Crippen molar-refractivity contribution in [3.63, 3.8) is 0 Å². The van der Waals surface area contributed by atoms with Crippen LogP contribution in [0.2, 0.25) is 0 Å². The first-order chi connectivity index (χ1) is 20.4. The van der Waals surface area contributed by atoms with Crippen LogP contribution in [0.4, 0.5) is 10.9 Å². The molecule has 1 fully saturated rings. The first kappa shape index (κ1) is 29.0. The first-order valence-electron chi connectivity index (χ1n) is 12.8. The zero-order valence-corrected chi connectivity index (χ0v) is 23.9. The molecule has 4 aromatic rings. The lowest BCUT2D eigenvalue weighted by Crippen LogP contribution is -2.43. The average Bonchev–Trinajstić information content (AvgIpc) is 3.65. The van der Waals surface area contributed by atoms with E-state index < -0.39 is 17.8 Å². The molecule has 4 heterocycles. The van der Waals surface area contributed by atoms with Crippen LogP contribution in [0.3, 0.4) is 0 Å². The summed E-state index contributed by atoms with van der Waals surface area (Å²) in [6.07, 6.45) is 0.676. The predicted octanol–water partition coefficient (Wildman–Crippen LogP) is 1.88. The summed E-state index contributed by atoms with van der Waals surface area (Å²) in [4.78, 5) is 28.8. The second-order valence-corrected chi connectivity index (χ2v) is 9.84. The fourth-order valence-electron chi connectivity index (χ4n) is 4.28. The van der Waals surface area contributed by atoms with Crippen LogP contribution in [0, 0.1) is 0 Å². The number of anilines is 2. The van der Waals surface area contributed by atoms with Gasteiger partial charge in [-0.05, 0) is 18.2 Å². The quantitative estimate of drug-likeness (QED) is 0.239. The molecule has 1 atom stereocenters. The van der Waals surface area contributed by atoms with Gasteiger partial charge < -0.3 is 33.8 Å². The van der Waals surface area contributed by atoms with Gasteiger partial charge in [-0.1, -0.05) is 17.4 Å². The van der Waals surface area contributed by atoms with E-state index in [0.717, 1.165) is 11.3 Å². The number of carbonyl (C=O) groups is 1. The van der Waals surface area contributed by atoms with E-state index in [4.69, 9.17) is 33.8 Å². The van der Waals surface area contributed by atoms with Gasteiger partial charge in [-0.15, -0.1) is 10.2 Å². The number of morpholine rings is 1. The third-order valence-electron chi connectivity index (χ3n) is 6.34. The van der Waals surface area contributed by atoms with E-state index in [2.05, 4.69) is 25.5 Å². The molecule has 0 saturated carbocycles. The van der Waals surface area contributed by atoms with Crippen LogP contribution in [0.25, 0.3) is 16.3 Å². The third-order valence-corrected chi connectivity index (χ3v) is 7.15. The average molecular weight is 600 g/mol. The summed E-state index contributed by atoms with van der Waals surface area (Å²) in [7, 11) is 4.44. The molecule has 16 heteroatoms. The molecular formula is C26H29N7O8S. The number of nitrogens with one attached hydrogen (secondary N) is 1. The molecule has 0 radical (unpaired) electrons. The molecule has 0 spiro atoms. The van der Waals surface area contributed by atoms with Gasteiger partial charge in [-0.3, -0.25) is 15.0 Å². The van der Waals surface area contributed by atoms with Crippen molar-refractivity contribution in [2.75, 3.05) is 65.2 Å². The van der Waals surface area contributed by atoms with Crippen molar-refractivity contribution in [3.8, 4) is 33.5 Å². The van der Waals surface area contributed by atoms with Gasteiger partial charge in [0.25, 0.3) is 5.91 Å². The van der Waals surface area contributed by atoms with Crippen molar-refractivity contribution in [1.29, 1.82) is 0 Å². The summed E-state index contributed by atoms with van der Waals surface area (Å²) in [5.41, 5.74) is 5.56. The summed E-state index contributed by atoms with van der Waals surface area (Å²) < 4.78 is 35.0. The fourth-order valence-corrected chi connectivity index (χ4v) is 5.00. The summed E-state index contributed by atoms with van der Waals surface area (Å²) >= 11 is 1.03. The number of hydrogen-bond acceptors (Lipinski definition) is 14. The maximum absolute atomic E-state index is 13.4. The third kappa shape index (κ3) is 6.20. The molecule has 0 aliphatic carbocycles. The number of ether oxygens (including phenoxy) is 5. The summed E-state index contributed by atoms with van der Waals surface area (Å²) in [5.74, 6) is -0.132. The summed E-state index contributed by atoms with van der Waals surface area (Å²) in [6, 6.07) is 8.10. The SMILES string of the molecule is COc1cccc(OC)c1-c1cc(C(=O)Nc2nnc(-n3nccc3N)s2)oc(=O)c1O[C@@H](CN1CCOCC1)OC. The van der Waals surface area contributed by atoms with E-state index in [1.807, 2.05) is 0 Å². The number of rotatable bonds is 11. The zero-order valence-electron chi connectivity index (χ0n) is 23.1. The Balaban J connectivity index is 1.51. The molecule has 0 bridgehead atoms. The highest BCUT2D eigenvalue weighted by Crippen LogP contribution is 2.42. The Morgan fingerprint density at radius 1 is 1.14 bits per heavy atom. The lowest BCUT2D eigenvalue weighted by atomic mass is 10.0. The molecule has 1 aliphatic heterocycles. The Kier molecular flexibility index (Phi) is 8.97. The number of benzene rings is 1. The molecule has 42 heavy (non-hydrogen) atoms. The number of hydrogen-bond donors (Lipinski definition) is 2. The molecular weight excluding hydrogens is 570 g/mol. The second-order valence-electron chi connectivity index (χ2n) is 8.89. The molecule has 5 rings (SSSR count). The molecule has 1 aromatic carbocycles. The Morgan fingerprint density at radius 2 is 1.88 bits per heavy atom. The molecule has 15 nitrogen and oxygen atoms in total. The topological polar surface area (TPSA) is 178 Å². The van der Waals surface area contributed by atoms with Crippen molar-refractivity contribution >= 4 is 28.2 Å². The van der Waals surface area contributed by atoms with E-state index in [9.17, 15) is 9.59 Å². The van der Waals surface area contributed by atoms with Gasteiger partial charge in [0.1, 0.15) is 17.3 Å². The number of aromatic nitrogens is 4. The zero-order chi connectivity index (χ0) is 29.6. The van der Waals surface area contributed by atoms with E-state index >= 15 is 0 Å². The fraction of sp³-hybridized carbons (Fsp3) is 0.346. The molecule has 3 N–H and O–H groups in total. The number of methoxy groups -OCH3 is 3. The highest BCUT2D eigenvalue weighted by atomic mass is 32.1. The standard InChI is InChI=1S/C26H29N7O8S/c1-36-16-5-4-6-17(37-2)21(16)15-13-18(23(34)29-25-30-31-26(42-25)33-19(27)7-8-28-33)40-24(35)22(15)41-20(38-3)14-32-9-11-39-12-10-32/h4-8,13,20H,9-12,14,27H2,1-3H3,(H,29,30,34)/t20-/m0/s1. The van der Waals surface area contributed by atoms with Crippen molar-refractivity contribution in [1.82, 2.24) is 24.9 Å². The van der Waals surface area contributed by atoms with Crippen molar-refractivity contribution in [2.24, 2.45) is 0 Å². The van der Waals surface area contributed by atoms with Gasteiger partial charge in [0, 0.05) is 31.8 Å². The largest absolute Gasteiger partial charge is 0.496 e. The summed E-state index contributed by atoms with van der Waals surface area (Å²) in [6.45, 7) is 2.90. The highest BCUT2D eigenvalue weighted by molar-refractivity contribution is 7.17. The van der Waals surface area contributed by atoms with Crippen molar-refractivity contribution in [3.05, 3.63) is 52.7 Å². The minimum absolute atomic E-state index is 0.134. The monoisotopic (exact) mass is 599 g/mol. The molecule has 1 saturated heterocycles. The second kappa shape index (κ2) is 13.0. The Hall–Kier alpha value is -4.51. The van der Waals surface area contributed by atoms with Gasteiger partial charge in [-0.2, -0.15) is 9.78 Å². The normalized spacial score (nSPS) is 14.4. The van der Waals surface area contributed by atoms with E-state index in [0.29, 0.717) is 60.9 Å². The van der Waals surface area contributed by atoms with Crippen LogP contribution in [0.1, 0.15) is 10.6 Å². The molecule has 3 aromatic heterocycles. The predicted molar refractivity (Wildman–Crippen MR) is 152 cm³/mol. The van der Waals surface area contributed by atoms with Crippen LogP contribution >= 0.6 is 11.3 Å². The molecule has 1 aliphatic rings. The van der Waals surface area contributed by atoms with Crippen LogP contribution in [-0.4, -0.2) is 91.3 Å². The maximum atomic E-state index is 13.4. The highest BCUT2D eigenvalue weighted by Gasteiger charge is 2.27. The van der Waals surface area contributed by atoms with Crippen LogP contribution in [0.15, 0.2) is 45.7 Å². The van der Waals surface area contributed by atoms with Gasteiger partial charge in [-0.25, -0.2) is 4.79 Å². The number of carbonyl (C=O) groups excluding carboxylic acids is 1. The number of nitrogens with zero attached hydrogens (tertiary/aromatic N) is 5. The summed E-state index contributed by atoms with van der Waals surface area (Å²) in [5, 5.41) is 15.1. The molecule has 1 amide bonds. The lowest BCUT2D eigenvalue weighted by Gasteiger charge is -2.30. The van der Waals surface area contributed by atoms with E-state index in [1.54, 1.807) is 24.3 Å². The van der Waals surface area contributed by atoms with Gasteiger partial charge >= 0.3 is 5.63 Å². The van der Waals surface area contributed by atoms with Gasteiger partial charge in [0.2, 0.25) is 22.3 Å². The minimum Gasteiger partial charge on any atom is -0.496 e. The van der Waals surface area contributed by atoms with Gasteiger partial charge in [0.15, 0.2) is 5.76 Å². The van der Waals surface area contributed by atoms with Crippen LogP contribution in [-0.2, 0) is 9.47 Å². The number of amides is 1. The maximum Gasteiger partial charge on any atom is 0.379 e. The Labute approximate surface area is 243 Å². The number of nitrogen functional groups attached to an aromatic ring is 1. The van der Waals surface area contributed by atoms with Gasteiger partial charge in [0.05, 0.1) is 45.7 Å². The van der Waals surface area contributed by atoms with Crippen LogP contribution in [0.5, 0.6) is 17.2 Å². The van der Waals surface area contributed by atoms with E-state index in [1.165, 1.54) is 38.3 Å². The number of nitrogens with two attached hydrogens (primary N) is 1. The Bertz CT molecular complexity index is 1580. The smallest absolute Gasteiger partial charge is 0.379 e.